The topological polar surface area (TPSA) is 155 Å². The lowest BCUT2D eigenvalue weighted by atomic mass is 10.0. The van der Waals surface area contributed by atoms with Crippen molar-refractivity contribution in [2.75, 3.05) is 33.0 Å². The van der Waals surface area contributed by atoms with E-state index in [0.717, 1.165) is 70.6 Å². The Kier molecular flexibility index (Phi) is 44.4. The second kappa shape index (κ2) is 46.2. The van der Waals surface area contributed by atoms with E-state index in [0.29, 0.717) is 12.8 Å². The number of allylic oxidation sites excluding steroid dienone is 10. The van der Waals surface area contributed by atoms with Gasteiger partial charge in [0.2, 0.25) is 0 Å². The van der Waals surface area contributed by atoms with Crippen LogP contribution in [0.25, 0.3) is 0 Å². The molecule has 0 fully saturated rings. The molecule has 348 valence electrons. The highest BCUT2D eigenvalue weighted by Gasteiger charge is 2.26. The van der Waals surface area contributed by atoms with Gasteiger partial charge in [0.1, 0.15) is 6.61 Å². The molecule has 0 radical (unpaired) electrons. The predicted octanol–water partition coefficient (Wildman–Crippen LogP) is 13.0. The average molecular weight is 866 g/mol. The van der Waals surface area contributed by atoms with Gasteiger partial charge in [-0.2, -0.15) is 0 Å². The Hall–Kier alpha value is -2.33. The van der Waals surface area contributed by atoms with Crippen LogP contribution in [0.3, 0.4) is 0 Å². The van der Waals surface area contributed by atoms with Crippen LogP contribution in [-0.4, -0.2) is 61.0 Å². The van der Waals surface area contributed by atoms with E-state index >= 15 is 0 Å². The number of esters is 2. The van der Waals surface area contributed by atoms with E-state index in [1.165, 1.54) is 96.3 Å². The number of hydrogen-bond donors (Lipinski definition) is 3. The van der Waals surface area contributed by atoms with Crippen molar-refractivity contribution in [1.29, 1.82) is 0 Å². The Morgan fingerprint density at radius 1 is 0.533 bits per heavy atom. The fraction of sp³-hybridized carbons (Fsp3) is 0.755. The molecule has 10 nitrogen and oxygen atoms in total. The number of nitrogens with two attached hydrogens (primary N) is 1. The van der Waals surface area contributed by atoms with Crippen LogP contribution in [0.15, 0.2) is 60.8 Å². The number of carbonyl (C=O) groups is 2. The Balaban J connectivity index is 4.16. The van der Waals surface area contributed by atoms with Crippen molar-refractivity contribution in [3.05, 3.63) is 60.8 Å². The summed E-state index contributed by atoms with van der Waals surface area (Å²) >= 11 is 0. The van der Waals surface area contributed by atoms with Crippen molar-refractivity contribution in [3.8, 4) is 0 Å². The minimum atomic E-state index is -4.40. The minimum Gasteiger partial charge on any atom is -0.462 e. The molecular formula is C49H88NO9P. The molecule has 0 aliphatic carbocycles. The van der Waals surface area contributed by atoms with Crippen LogP contribution in [0.2, 0.25) is 0 Å². The van der Waals surface area contributed by atoms with E-state index in [1.54, 1.807) is 0 Å². The first-order valence-electron chi connectivity index (χ1n) is 23.9. The predicted molar refractivity (Wildman–Crippen MR) is 249 cm³/mol. The molecule has 11 heteroatoms. The van der Waals surface area contributed by atoms with Crippen LogP contribution in [-0.2, 0) is 32.7 Å². The van der Waals surface area contributed by atoms with Gasteiger partial charge in [-0.1, -0.05) is 164 Å². The molecule has 1 unspecified atom stereocenters. The van der Waals surface area contributed by atoms with Gasteiger partial charge in [0.15, 0.2) is 6.10 Å². The smallest absolute Gasteiger partial charge is 0.462 e. The number of aliphatic hydroxyl groups is 1. The first kappa shape index (κ1) is 57.7. The standard InChI is InChI=1S/C49H88NO9P/c1-2-3-4-5-6-7-8-9-10-11-12-13-14-16-20-23-26-29-32-35-38-41-49(53)59-47(46-58-60(54,55)57-44-42-50)45-56-48(52)40-37-34-31-28-25-22-19-17-15-18-21-24-27-30-33-36-39-43-51/h9-10,15,18-19,22,24,27-28,31,47,51H,2-8,11-14,16-17,20-21,23,25-26,29-30,32-46,50H2,1H3,(H,54,55)/b10-9-,18-15-,22-19-,27-24-,31-28-/t47-/m1/s1. The van der Waals surface area contributed by atoms with E-state index in [1.807, 2.05) is 6.08 Å². The number of rotatable bonds is 45. The van der Waals surface area contributed by atoms with Gasteiger partial charge in [-0.3, -0.25) is 18.6 Å². The Morgan fingerprint density at radius 3 is 1.45 bits per heavy atom. The van der Waals surface area contributed by atoms with Gasteiger partial charge < -0.3 is 25.2 Å². The molecule has 0 spiro atoms. The second-order valence-corrected chi connectivity index (χ2v) is 17.1. The number of unbranched alkanes of at least 4 members (excludes halogenated alkanes) is 21. The summed E-state index contributed by atoms with van der Waals surface area (Å²) < 4.78 is 32.8. The fourth-order valence-electron chi connectivity index (χ4n) is 6.37. The van der Waals surface area contributed by atoms with Crippen molar-refractivity contribution in [1.82, 2.24) is 0 Å². The molecule has 0 heterocycles. The highest BCUT2D eigenvalue weighted by Crippen LogP contribution is 2.43. The van der Waals surface area contributed by atoms with E-state index in [2.05, 4.69) is 61.6 Å². The molecule has 0 aliphatic heterocycles. The SMILES string of the molecule is CCCCCCCC/C=C\CCCCCCCCCCCCCC(=O)O[C@H](COC(=O)CCC/C=C\C/C=C\C/C=C\C/C=C\CCCCCO)COP(=O)(O)OCCN. The summed E-state index contributed by atoms with van der Waals surface area (Å²) in [5.74, 6) is -0.908. The lowest BCUT2D eigenvalue weighted by Crippen LogP contribution is -2.29. The molecule has 0 aliphatic rings. The first-order chi connectivity index (χ1) is 29.3. The average Bonchev–Trinajstić information content (AvgIpc) is 3.24. The molecule has 0 saturated heterocycles. The van der Waals surface area contributed by atoms with E-state index in [9.17, 15) is 19.0 Å². The Labute approximate surface area is 366 Å². The maximum atomic E-state index is 12.6. The van der Waals surface area contributed by atoms with Crippen molar-refractivity contribution in [2.24, 2.45) is 5.73 Å². The summed E-state index contributed by atoms with van der Waals surface area (Å²) in [5, 5.41) is 8.80. The fourth-order valence-corrected chi connectivity index (χ4v) is 7.13. The van der Waals surface area contributed by atoms with Crippen LogP contribution in [0.5, 0.6) is 0 Å². The van der Waals surface area contributed by atoms with Gasteiger partial charge in [0, 0.05) is 26.0 Å². The minimum absolute atomic E-state index is 0.0399. The van der Waals surface area contributed by atoms with Gasteiger partial charge >= 0.3 is 19.8 Å². The Morgan fingerprint density at radius 2 is 0.950 bits per heavy atom. The second-order valence-electron chi connectivity index (χ2n) is 15.7. The van der Waals surface area contributed by atoms with Gasteiger partial charge in [-0.25, -0.2) is 4.57 Å². The highest BCUT2D eigenvalue weighted by atomic mass is 31.2. The summed E-state index contributed by atoms with van der Waals surface area (Å²) in [4.78, 5) is 34.9. The number of phosphoric ester groups is 1. The first-order valence-corrected chi connectivity index (χ1v) is 25.4. The van der Waals surface area contributed by atoms with Crippen molar-refractivity contribution in [2.45, 2.75) is 206 Å². The van der Waals surface area contributed by atoms with Gasteiger partial charge in [-0.05, 0) is 83.5 Å². The number of carbonyl (C=O) groups excluding carboxylic acids is 2. The van der Waals surface area contributed by atoms with E-state index in [-0.39, 0.29) is 39.2 Å². The number of aliphatic hydroxyl groups excluding tert-OH is 1. The molecular weight excluding hydrogens is 778 g/mol. The zero-order valence-electron chi connectivity index (χ0n) is 37.9. The molecule has 0 aromatic rings. The quantitative estimate of drug-likeness (QED) is 0.0233. The molecule has 0 aromatic heterocycles. The summed E-state index contributed by atoms with van der Waals surface area (Å²) in [7, 11) is -4.40. The largest absolute Gasteiger partial charge is 0.472 e. The summed E-state index contributed by atoms with van der Waals surface area (Å²) in [6.07, 6.45) is 52.7. The van der Waals surface area contributed by atoms with Crippen molar-refractivity contribution in [3.63, 3.8) is 0 Å². The summed E-state index contributed by atoms with van der Waals surface area (Å²) in [6.45, 7) is 1.68. The molecule has 2 atom stereocenters. The monoisotopic (exact) mass is 866 g/mol. The van der Waals surface area contributed by atoms with Gasteiger partial charge in [0.25, 0.3) is 0 Å². The van der Waals surface area contributed by atoms with E-state index < -0.39 is 32.5 Å². The lowest BCUT2D eigenvalue weighted by Gasteiger charge is -2.19. The number of phosphoric acid groups is 1. The number of hydrogen-bond acceptors (Lipinski definition) is 9. The normalized spacial score (nSPS) is 13.7. The van der Waals surface area contributed by atoms with Gasteiger partial charge in [0.05, 0.1) is 13.2 Å². The van der Waals surface area contributed by atoms with E-state index in [4.69, 9.17) is 29.4 Å². The molecule has 4 N–H and O–H groups in total. The third-order valence-corrected chi connectivity index (χ3v) is 10.9. The molecule has 0 amide bonds. The van der Waals surface area contributed by atoms with Crippen LogP contribution in [0.4, 0.5) is 0 Å². The maximum Gasteiger partial charge on any atom is 0.472 e. The summed E-state index contributed by atoms with van der Waals surface area (Å²) in [6, 6.07) is 0. The highest BCUT2D eigenvalue weighted by molar-refractivity contribution is 7.47. The zero-order chi connectivity index (χ0) is 43.9. The number of ether oxygens (including phenoxy) is 2. The zero-order valence-corrected chi connectivity index (χ0v) is 38.8. The van der Waals surface area contributed by atoms with Crippen molar-refractivity contribution < 1.29 is 42.7 Å². The third kappa shape index (κ3) is 45.2. The maximum absolute atomic E-state index is 12.6. The molecule has 0 rings (SSSR count). The molecule has 0 aromatic carbocycles. The lowest BCUT2D eigenvalue weighted by molar-refractivity contribution is -0.161. The molecule has 0 saturated carbocycles. The van der Waals surface area contributed by atoms with Gasteiger partial charge in [-0.15, -0.1) is 0 Å². The van der Waals surface area contributed by atoms with Crippen LogP contribution in [0.1, 0.15) is 200 Å². The van der Waals surface area contributed by atoms with Crippen LogP contribution < -0.4 is 5.73 Å². The van der Waals surface area contributed by atoms with Crippen LogP contribution >= 0.6 is 7.82 Å². The van der Waals surface area contributed by atoms with Crippen LogP contribution in [0, 0.1) is 0 Å². The summed E-state index contributed by atoms with van der Waals surface area (Å²) in [5.41, 5.74) is 5.35. The molecule has 60 heavy (non-hydrogen) atoms. The Bertz CT molecular complexity index is 1170. The third-order valence-electron chi connectivity index (χ3n) is 9.93. The molecule has 0 bridgehead atoms. The van der Waals surface area contributed by atoms with Crippen molar-refractivity contribution >= 4 is 19.8 Å².